The first-order chi connectivity index (χ1) is 4.35. The Labute approximate surface area is 62.7 Å². The van der Waals surface area contributed by atoms with Crippen LogP contribution in [0.1, 0.15) is 26.2 Å². The minimum atomic E-state index is 0.574. The van der Waals surface area contributed by atoms with E-state index in [2.05, 4.69) is 13.2 Å². The lowest BCUT2D eigenvalue weighted by atomic mass is 10.2. The normalized spacial score (nSPS) is 13.1. The van der Waals surface area contributed by atoms with Gasteiger partial charge in [0.2, 0.25) is 0 Å². The summed E-state index contributed by atoms with van der Waals surface area (Å²) >= 11 is 1.83. The highest BCUT2D eigenvalue weighted by molar-refractivity contribution is 7.99. The second-order valence-corrected chi connectivity index (χ2v) is 3.19. The van der Waals surface area contributed by atoms with Gasteiger partial charge in [0, 0.05) is 5.25 Å². The molecule has 0 spiro atoms. The molecule has 0 amide bonds. The van der Waals surface area contributed by atoms with E-state index >= 15 is 0 Å². The van der Waals surface area contributed by atoms with E-state index in [1.807, 2.05) is 11.8 Å². The van der Waals surface area contributed by atoms with Crippen molar-refractivity contribution >= 4 is 11.8 Å². The van der Waals surface area contributed by atoms with Gasteiger partial charge in [0.1, 0.15) is 0 Å². The highest BCUT2D eigenvalue weighted by atomic mass is 32.2. The summed E-state index contributed by atoms with van der Waals surface area (Å²) in [6.45, 7) is 7.58. The molecular formula is C8H15S. The fraction of sp³-hybridized carbons (Fsp3) is 0.750. The molecule has 0 rings (SSSR count). The molecule has 0 saturated carbocycles. The Kier molecular flexibility index (Phi) is 6.28. The van der Waals surface area contributed by atoms with Crippen LogP contribution in [0, 0.1) is 6.58 Å². The summed E-state index contributed by atoms with van der Waals surface area (Å²) < 4.78 is 0. The molecule has 9 heavy (non-hydrogen) atoms. The van der Waals surface area contributed by atoms with E-state index in [1.165, 1.54) is 19.3 Å². The minimum absolute atomic E-state index is 0.574. The van der Waals surface area contributed by atoms with Crippen molar-refractivity contribution in [2.45, 2.75) is 31.4 Å². The second kappa shape index (κ2) is 6.21. The molecule has 1 radical (unpaired) electrons. The van der Waals surface area contributed by atoms with E-state index in [4.69, 9.17) is 6.58 Å². The molecule has 0 aromatic heterocycles. The summed E-state index contributed by atoms with van der Waals surface area (Å²) in [4.78, 5) is 0. The maximum atomic E-state index is 5.38. The third-order valence-electron chi connectivity index (χ3n) is 1.36. The Balaban J connectivity index is 3.20. The van der Waals surface area contributed by atoms with Gasteiger partial charge in [-0.2, -0.15) is 11.8 Å². The molecule has 0 aliphatic carbocycles. The van der Waals surface area contributed by atoms with Crippen LogP contribution in [0.25, 0.3) is 0 Å². The van der Waals surface area contributed by atoms with Crippen molar-refractivity contribution in [3.63, 3.8) is 0 Å². The molecule has 0 N–H and O–H groups in total. The van der Waals surface area contributed by atoms with Crippen LogP contribution >= 0.6 is 11.8 Å². The van der Waals surface area contributed by atoms with Crippen molar-refractivity contribution in [3.05, 3.63) is 12.7 Å². The average Bonchev–Trinajstić information content (AvgIpc) is 1.91. The van der Waals surface area contributed by atoms with E-state index in [0.29, 0.717) is 5.25 Å². The van der Waals surface area contributed by atoms with Gasteiger partial charge in [-0.1, -0.05) is 32.4 Å². The van der Waals surface area contributed by atoms with Crippen molar-refractivity contribution in [2.24, 2.45) is 0 Å². The van der Waals surface area contributed by atoms with Crippen LogP contribution in [0.3, 0.4) is 0 Å². The Bertz CT molecular complexity index is 69.0. The Hall–Kier alpha value is 0.0900. The van der Waals surface area contributed by atoms with Crippen molar-refractivity contribution in [3.8, 4) is 0 Å². The molecule has 0 aliphatic rings. The summed E-state index contributed by atoms with van der Waals surface area (Å²) in [6.07, 6.45) is 7.68. The number of hydrogen-bond donors (Lipinski definition) is 0. The van der Waals surface area contributed by atoms with Crippen molar-refractivity contribution < 1.29 is 0 Å². The molecule has 0 fully saturated rings. The summed E-state index contributed by atoms with van der Waals surface area (Å²) in [6, 6.07) is 0. The standard InChI is InChI=1S/C8H15S/c1-4-6-7-8(5-2)9-3/h2,5,8H,4,6-7H2,1,3H3. The molecule has 0 bridgehead atoms. The number of unbranched alkanes of at least 4 members (excludes halogenated alkanes) is 1. The fourth-order valence-electron chi connectivity index (χ4n) is 0.698. The van der Waals surface area contributed by atoms with E-state index in [9.17, 15) is 0 Å². The molecular weight excluding hydrogens is 128 g/mol. The first-order valence-electron chi connectivity index (χ1n) is 3.43. The number of rotatable bonds is 5. The summed E-state index contributed by atoms with van der Waals surface area (Å²) in [7, 11) is 0. The lowest BCUT2D eigenvalue weighted by Gasteiger charge is -2.05. The van der Waals surface area contributed by atoms with Crippen LogP contribution in [0.4, 0.5) is 0 Å². The Morgan fingerprint density at radius 3 is 2.67 bits per heavy atom. The molecule has 0 saturated heterocycles. The van der Waals surface area contributed by atoms with Gasteiger partial charge in [-0.3, -0.25) is 0 Å². The fourth-order valence-corrected chi connectivity index (χ4v) is 1.26. The Morgan fingerprint density at radius 1 is 1.67 bits per heavy atom. The molecule has 0 nitrogen and oxygen atoms in total. The van der Waals surface area contributed by atoms with E-state index in [1.54, 1.807) is 6.08 Å². The summed E-state index contributed by atoms with van der Waals surface area (Å²) in [5, 5.41) is 0.574. The summed E-state index contributed by atoms with van der Waals surface area (Å²) in [5.74, 6) is 0. The molecule has 1 atom stereocenters. The largest absolute Gasteiger partial charge is 0.158 e. The third-order valence-corrected chi connectivity index (χ3v) is 2.36. The van der Waals surface area contributed by atoms with Gasteiger partial charge in [-0.05, 0) is 12.7 Å². The predicted octanol–water partition coefficient (Wildman–Crippen LogP) is 2.90. The van der Waals surface area contributed by atoms with Crippen molar-refractivity contribution in [1.82, 2.24) is 0 Å². The summed E-state index contributed by atoms with van der Waals surface area (Å²) in [5.41, 5.74) is 0. The van der Waals surface area contributed by atoms with Crippen LogP contribution in [-0.4, -0.2) is 11.5 Å². The quantitative estimate of drug-likeness (QED) is 0.570. The van der Waals surface area contributed by atoms with Gasteiger partial charge >= 0.3 is 0 Å². The SMILES string of the molecule is [CH]=CC(CCCC)SC. The topological polar surface area (TPSA) is 0 Å². The smallest absolute Gasteiger partial charge is 0.0227 e. The molecule has 53 valence electrons. The van der Waals surface area contributed by atoms with Gasteiger partial charge in [-0.15, -0.1) is 0 Å². The predicted molar refractivity (Wildman–Crippen MR) is 45.7 cm³/mol. The van der Waals surface area contributed by atoms with E-state index in [0.717, 1.165) is 0 Å². The maximum absolute atomic E-state index is 5.38. The zero-order chi connectivity index (χ0) is 7.11. The first-order valence-corrected chi connectivity index (χ1v) is 4.71. The van der Waals surface area contributed by atoms with Gasteiger partial charge in [0.25, 0.3) is 0 Å². The number of thioether (sulfide) groups is 1. The second-order valence-electron chi connectivity index (χ2n) is 2.11. The molecule has 1 heteroatoms. The molecule has 0 aromatic rings. The monoisotopic (exact) mass is 143 g/mol. The zero-order valence-electron chi connectivity index (χ0n) is 6.26. The molecule has 0 aliphatic heterocycles. The van der Waals surface area contributed by atoms with Crippen LogP contribution in [0.5, 0.6) is 0 Å². The van der Waals surface area contributed by atoms with Crippen molar-refractivity contribution in [1.29, 1.82) is 0 Å². The van der Waals surface area contributed by atoms with Crippen LogP contribution < -0.4 is 0 Å². The van der Waals surface area contributed by atoms with Crippen molar-refractivity contribution in [2.75, 3.05) is 6.26 Å². The van der Waals surface area contributed by atoms with Gasteiger partial charge in [0.05, 0.1) is 0 Å². The third kappa shape index (κ3) is 4.58. The van der Waals surface area contributed by atoms with Gasteiger partial charge in [0.15, 0.2) is 0 Å². The highest BCUT2D eigenvalue weighted by Crippen LogP contribution is 2.14. The lowest BCUT2D eigenvalue weighted by molar-refractivity contribution is 0.739. The van der Waals surface area contributed by atoms with Gasteiger partial charge in [-0.25, -0.2) is 0 Å². The lowest BCUT2D eigenvalue weighted by Crippen LogP contribution is -1.95. The van der Waals surface area contributed by atoms with Crippen LogP contribution in [0.2, 0.25) is 0 Å². The van der Waals surface area contributed by atoms with E-state index in [-0.39, 0.29) is 0 Å². The molecule has 0 heterocycles. The van der Waals surface area contributed by atoms with E-state index < -0.39 is 0 Å². The van der Waals surface area contributed by atoms with Gasteiger partial charge < -0.3 is 0 Å². The number of hydrogen-bond acceptors (Lipinski definition) is 1. The Morgan fingerprint density at radius 2 is 2.33 bits per heavy atom. The first kappa shape index (κ1) is 9.09. The van der Waals surface area contributed by atoms with Crippen LogP contribution in [0.15, 0.2) is 6.08 Å². The van der Waals surface area contributed by atoms with Crippen LogP contribution in [-0.2, 0) is 0 Å². The minimum Gasteiger partial charge on any atom is -0.158 e. The zero-order valence-corrected chi connectivity index (χ0v) is 7.08. The molecule has 1 unspecified atom stereocenters. The molecule has 0 aromatic carbocycles. The highest BCUT2D eigenvalue weighted by Gasteiger charge is 1.98. The average molecular weight is 143 g/mol. The maximum Gasteiger partial charge on any atom is 0.0227 e.